The summed E-state index contributed by atoms with van der Waals surface area (Å²) in [5.41, 5.74) is 1.83. The van der Waals surface area contributed by atoms with Crippen LogP contribution in [-0.2, 0) is 19.1 Å². The molecule has 2 heterocycles. The van der Waals surface area contributed by atoms with Gasteiger partial charge in [-0.25, -0.2) is 9.79 Å². The number of hydrogen-bond acceptors (Lipinski definition) is 5. The van der Waals surface area contributed by atoms with E-state index in [-0.39, 0.29) is 18.6 Å². The maximum absolute atomic E-state index is 12.9. The van der Waals surface area contributed by atoms with Gasteiger partial charge in [-0.1, -0.05) is 60.7 Å². The highest BCUT2D eigenvalue weighted by molar-refractivity contribution is 5.97. The lowest BCUT2D eigenvalue weighted by atomic mass is 10.0. The molecule has 31 heavy (non-hydrogen) atoms. The molecule has 0 spiro atoms. The first-order valence-corrected chi connectivity index (χ1v) is 10.7. The lowest BCUT2D eigenvalue weighted by Gasteiger charge is -2.24. The van der Waals surface area contributed by atoms with Crippen molar-refractivity contribution in [3.05, 3.63) is 77.9 Å². The standard InChI is InChI=1S/C25H26N2O4/c1-2-30-25(29)22-23(19-12-7-4-8-13-19)31-24(26-22)20-14-9-17-27(20)21(28)16-15-18-10-5-3-6-11-18/h3-8,10-13,15-16,20,22-23H,2,9,14,17H2,1H3/b16-15+/t20-,22-,23+/m0/s1. The third-order valence-corrected chi connectivity index (χ3v) is 5.50. The fraction of sp³-hybridized carbons (Fsp3) is 0.320. The van der Waals surface area contributed by atoms with Crippen LogP contribution >= 0.6 is 0 Å². The molecule has 2 aliphatic heterocycles. The average Bonchev–Trinajstić information content (AvgIpc) is 3.46. The highest BCUT2D eigenvalue weighted by Crippen LogP contribution is 2.34. The van der Waals surface area contributed by atoms with Crippen molar-refractivity contribution in [1.29, 1.82) is 0 Å². The normalized spacial score (nSPS) is 22.9. The van der Waals surface area contributed by atoms with Crippen molar-refractivity contribution in [2.45, 2.75) is 38.0 Å². The molecule has 6 heteroatoms. The number of benzene rings is 2. The van der Waals surface area contributed by atoms with Gasteiger partial charge in [-0.15, -0.1) is 0 Å². The molecule has 0 unspecified atom stereocenters. The highest BCUT2D eigenvalue weighted by atomic mass is 16.5. The predicted octanol–water partition coefficient (Wildman–Crippen LogP) is 3.79. The number of carbonyl (C=O) groups is 2. The van der Waals surface area contributed by atoms with Gasteiger partial charge in [0.25, 0.3) is 0 Å². The second kappa shape index (κ2) is 9.60. The van der Waals surface area contributed by atoms with E-state index < -0.39 is 18.1 Å². The molecule has 0 bridgehead atoms. The summed E-state index contributed by atoms with van der Waals surface area (Å²) >= 11 is 0. The maximum atomic E-state index is 12.9. The van der Waals surface area contributed by atoms with E-state index in [2.05, 4.69) is 4.99 Å². The summed E-state index contributed by atoms with van der Waals surface area (Å²) in [6.45, 7) is 2.68. The zero-order valence-electron chi connectivity index (χ0n) is 17.5. The van der Waals surface area contributed by atoms with Crippen molar-refractivity contribution in [3.63, 3.8) is 0 Å². The summed E-state index contributed by atoms with van der Waals surface area (Å²) in [5, 5.41) is 0. The topological polar surface area (TPSA) is 68.2 Å². The van der Waals surface area contributed by atoms with E-state index >= 15 is 0 Å². The third kappa shape index (κ3) is 4.68. The summed E-state index contributed by atoms with van der Waals surface area (Å²) in [6.07, 6.45) is 4.45. The summed E-state index contributed by atoms with van der Waals surface area (Å²) in [7, 11) is 0. The molecule has 3 atom stereocenters. The zero-order valence-corrected chi connectivity index (χ0v) is 17.5. The van der Waals surface area contributed by atoms with Gasteiger partial charge in [-0.3, -0.25) is 4.79 Å². The first-order chi connectivity index (χ1) is 15.2. The number of ether oxygens (including phenoxy) is 2. The Balaban J connectivity index is 1.54. The second-order valence-corrected chi connectivity index (χ2v) is 7.55. The van der Waals surface area contributed by atoms with E-state index in [9.17, 15) is 9.59 Å². The molecule has 160 valence electrons. The molecule has 1 fully saturated rings. The van der Waals surface area contributed by atoms with Crippen molar-refractivity contribution >= 4 is 23.9 Å². The molecule has 6 nitrogen and oxygen atoms in total. The van der Waals surface area contributed by atoms with Gasteiger partial charge in [0.2, 0.25) is 11.8 Å². The van der Waals surface area contributed by atoms with Crippen molar-refractivity contribution in [1.82, 2.24) is 4.90 Å². The van der Waals surface area contributed by atoms with Crippen LogP contribution < -0.4 is 0 Å². The minimum atomic E-state index is -0.769. The van der Waals surface area contributed by atoms with Gasteiger partial charge in [0.15, 0.2) is 12.1 Å². The molecule has 0 radical (unpaired) electrons. The Bertz CT molecular complexity index is 972. The Labute approximate surface area is 182 Å². The van der Waals surface area contributed by atoms with E-state index in [1.807, 2.05) is 66.7 Å². The Morgan fingerprint density at radius 2 is 1.84 bits per heavy atom. The lowest BCUT2D eigenvalue weighted by Crippen LogP contribution is -2.40. The minimum Gasteiger partial charge on any atom is -0.468 e. The minimum absolute atomic E-state index is 0.0894. The third-order valence-electron chi connectivity index (χ3n) is 5.50. The second-order valence-electron chi connectivity index (χ2n) is 7.55. The average molecular weight is 418 g/mol. The molecule has 1 saturated heterocycles. The fourth-order valence-corrected chi connectivity index (χ4v) is 4.01. The van der Waals surface area contributed by atoms with Crippen LogP contribution in [0.15, 0.2) is 71.7 Å². The molecule has 1 amide bonds. The molecule has 2 aliphatic rings. The predicted molar refractivity (Wildman–Crippen MR) is 118 cm³/mol. The van der Waals surface area contributed by atoms with Crippen LogP contribution in [-0.4, -0.2) is 47.9 Å². The van der Waals surface area contributed by atoms with Crippen LogP contribution in [0.1, 0.15) is 37.0 Å². The van der Waals surface area contributed by atoms with Crippen LogP contribution in [0, 0.1) is 0 Å². The van der Waals surface area contributed by atoms with Gasteiger partial charge in [0.1, 0.15) is 6.04 Å². The molecule has 4 rings (SSSR count). The van der Waals surface area contributed by atoms with Crippen molar-refractivity contribution in [2.75, 3.05) is 13.2 Å². The number of likely N-dealkylation sites (tertiary alicyclic amines) is 1. The van der Waals surface area contributed by atoms with Crippen molar-refractivity contribution in [2.24, 2.45) is 4.99 Å². The largest absolute Gasteiger partial charge is 0.468 e. The molecule has 0 aromatic heterocycles. The number of rotatable bonds is 6. The van der Waals surface area contributed by atoms with Crippen LogP contribution in [0.25, 0.3) is 6.08 Å². The van der Waals surface area contributed by atoms with Crippen molar-refractivity contribution < 1.29 is 19.1 Å². The quantitative estimate of drug-likeness (QED) is 0.529. The van der Waals surface area contributed by atoms with Crippen LogP contribution in [0.5, 0.6) is 0 Å². The Morgan fingerprint density at radius 3 is 2.55 bits per heavy atom. The number of aliphatic imine (C=N–C) groups is 1. The molecule has 2 aromatic carbocycles. The van der Waals surface area contributed by atoms with Gasteiger partial charge >= 0.3 is 5.97 Å². The van der Waals surface area contributed by atoms with Crippen molar-refractivity contribution in [3.8, 4) is 0 Å². The Morgan fingerprint density at radius 1 is 1.13 bits per heavy atom. The van der Waals surface area contributed by atoms with Gasteiger partial charge in [-0.05, 0) is 37.0 Å². The Kier molecular flexibility index (Phi) is 6.46. The molecular weight excluding hydrogens is 392 g/mol. The van der Waals surface area contributed by atoms with Crippen LogP contribution in [0.4, 0.5) is 0 Å². The maximum Gasteiger partial charge on any atom is 0.335 e. The molecule has 0 saturated carbocycles. The van der Waals surface area contributed by atoms with Gasteiger partial charge in [-0.2, -0.15) is 0 Å². The summed E-state index contributed by atoms with van der Waals surface area (Å²) in [4.78, 5) is 31.8. The van der Waals surface area contributed by atoms with E-state index in [1.54, 1.807) is 17.9 Å². The number of amides is 1. The van der Waals surface area contributed by atoms with E-state index in [0.29, 0.717) is 12.4 Å². The summed E-state index contributed by atoms with van der Waals surface area (Å²) < 4.78 is 11.4. The van der Waals surface area contributed by atoms with Gasteiger partial charge in [0, 0.05) is 12.6 Å². The smallest absolute Gasteiger partial charge is 0.335 e. The molecular formula is C25H26N2O4. The summed E-state index contributed by atoms with van der Waals surface area (Å²) in [6, 6.07) is 18.2. The fourth-order valence-electron chi connectivity index (χ4n) is 4.01. The first-order valence-electron chi connectivity index (χ1n) is 10.7. The monoisotopic (exact) mass is 418 g/mol. The highest BCUT2D eigenvalue weighted by Gasteiger charge is 2.43. The molecule has 0 N–H and O–H groups in total. The Hall–Kier alpha value is -3.41. The SMILES string of the molecule is CCOC(=O)[C@H]1N=C([C@@H]2CCCN2C(=O)/C=C/c2ccccc2)O[C@@H]1c1ccccc1. The van der Waals surface area contributed by atoms with E-state index in [1.165, 1.54) is 0 Å². The number of nitrogens with zero attached hydrogens (tertiary/aromatic N) is 2. The number of hydrogen-bond donors (Lipinski definition) is 0. The first kappa shape index (κ1) is 20.8. The number of esters is 1. The van der Waals surface area contributed by atoms with E-state index in [0.717, 1.165) is 24.0 Å². The van der Waals surface area contributed by atoms with E-state index in [4.69, 9.17) is 9.47 Å². The zero-order chi connectivity index (χ0) is 21.6. The summed E-state index contributed by atoms with van der Waals surface area (Å²) in [5.74, 6) is -0.0643. The number of carbonyl (C=O) groups excluding carboxylic acids is 2. The lowest BCUT2D eigenvalue weighted by molar-refractivity contribution is -0.146. The molecule has 0 aliphatic carbocycles. The van der Waals surface area contributed by atoms with Crippen LogP contribution in [0.2, 0.25) is 0 Å². The van der Waals surface area contributed by atoms with Gasteiger partial charge in [0.05, 0.1) is 6.61 Å². The molecule has 2 aromatic rings. The van der Waals surface area contributed by atoms with Gasteiger partial charge < -0.3 is 14.4 Å². The van der Waals surface area contributed by atoms with Crippen LogP contribution in [0.3, 0.4) is 0 Å².